The monoisotopic (exact) mass is 256 g/mol. The summed E-state index contributed by atoms with van der Waals surface area (Å²) in [6.07, 6.45) is 1.55. The van der Waals surface area contributed by atoms with E-state index in [4.69, 9.17) is 0 Å². The standard InChI is InChI=1S/C9H18F2N2O2S/c1-2-12-6-8-4-3-5-13(7-8)16(14,15)9(10)11/h8-9,12H,2-7H2,1H3. The first-order chi connectivity index (χ1) is 7.48. The molecule has 0 aromatic heterocycles. The molecular weight excluding hydrogens is 238 g/mol. The quantitative estimate of drug-likeness (QED) is 0.793. The van der Waals surface area contributed by atoms with Gasteiger partial charge in [0.2, 0.25) is 0 Å². The van der Waals surface area contributed by atoms with E-state index in [2.05, 4.69) is 5.32 Å². The zero-order chi connectivity index (χ0) is 12.2. The first-order valence-corrected chi connectivity index (χ1v) is 6.96. The SMILES string of the molecule is CCNCC1CCCN(S(=O)(=O)C(F)F)C1. The van der Waals surface area contributed by atoms with E-state index < -0.39 is 15.8 Å². The highest BCUT2D eigenvalue weighted by Gasteiger charge is 2.35. The van der Waals surface area contributed by atoms with E-state index in [-0.39, 0.29) is 19.0 Å². The molecule has 1 aliphatic rings. The predicted molar refractivity (Wildman–Crippen MR) is 57.8 cm³/mol. The van der Waals surface area contributed by atoms with E-state index in [0.29, 0.717) is 13.0 Å². The Hall–Kier alpha value is -0.270. The molecule has 0 spiro atoms. The highest BCUT2D eigenvalue weighted by Crippen LogP contribution is 2.21. The van der Waals surface area contributed by atoms with Crippen molar-refractivity contribution in [1.29, 1.82) is 0 Å². The molecular formula is C9H18F2N2O2S. The van der Waals surface area contributed by atoms with Crippen LogP contribution in [0.2, 0.25) is 0 Å². The first kappa shape index (κ1) is 13.8. The molecule has 7 heteroatoms. The molecule has 16 heavy (non-hydrogen) atoms. The van der Waals surface area contributed by atoms with Crippen molar-refractivity contribution >= 4 is 10.0 Å². The summed E-state index contributed by atoms with van der Waals surface area (Å²) in [5, 5.41) is 3.11. The number of hydrogen-bond donors (Lipinski definition) is 1. The van der Waals surface area contributed by atoms with Crippen LogP contribution in [0.15, 0.2) is 0 Å². The zero-order valence-electron chi connectivity index (χ0n) is 9.33. The minimum absolute atomic E-state index is 0.141. The van der Waals surface area contributed by atoms with Crippen molar-refractivity contribution in [3.05, 3.63) is 0 Å². The first-order valence-electron chi connectivity index (χ1n) is 5.46. The van der Waals surface area contributed by atoms with Crippen molar-refractivity contribution in [1.82, 2.24) is 9.62 Å². The summed E-state index contributed by atoms with van der Waals surface area (Å²) in [7, 11) is -4.39. The summed E-state index contributed by atoms with van der Waals surface area (Å²) in [6.45, 7) is 3.87. The van der Waals surface area contributed by atoms with Crippen molar-refractivity contribution in [3.63, 3.8) is 0 Å². The highest BCUT2D eigenvalue weighted by atomic mass is 32.2. The average molecular weight is 256 g/mol. The summed E-state index contributed by atoms with van der Waals surface area (Å²) >= 11 is 0. The maximum Gasteiger partial charge on any atom is 0.350 e. The lowest BCUT2D eigenvalue weighted by molar-refractivity contribution is 0.200. The summed E-state index contributed by atoms with van der Waals surface area (Å²) in [5.41, 5.74) is 0. The average Bonchev–Trinajstić information content (AvgIpc) is 2.26. The number of nitrogens with zero attached hydrogens (tertiary/aromatic N) is 1. The van der Waals surface area contributed by atoms with E-state index in [9.17, 15) is 17.2 Å². The van der Waals surface area contributed by atoms with Gasteiger partial charge in [0.25, 0.3) is 10.0 Å². The molecule has 1 rings (SSSR count). The predicted octanol–water partition coefficient (Wildman–Crippen LogP) is 0.860. The molecule has 0 radical (unpaired) electrons. The number of rotatable bonds is 5. The molecule has 4 nitrogen and oxygen atoms in total. The van der Waals surface area contributed by atoms with Gasteiger partial charge in [-0.05, 0) is 31.8 Å². The zero-order valence-corrected chi connectivity index (χ0v) is 10.1. The van der Waals surface area contributed by atoms with Gasteiger partial charge in [0.1, 0.15) is 0 Å². The van der Waals surface area contributed by atoms with Crippen LogP contribution in [-0.2, 0) is 10.0 Å². The molecule has 0 aromatic carbocycles. The molecule has 0 amide bonds. The Morgan fingerprint density at radius 3 is 2.75 bits per heavy atom. The smallest absolute Gasteiger partial charge is 0.317 e. The van der Waals surface area contributed by atoms with Crippen LogP contribution < -0.4 is 5.32 Å². The number of halogens is 2. The van der Waals surface area contributed by atoms with Crippen molar-refractivity contribution in [2.24, 2.45) is 5.92 Å². The maximum atomic E-state index is 12.3. The number of hydrogen-bond acceptors (Lipinski definition) is 3. The molecule has 1 heterocycles. The van der Waals surface area contributed by atoms with Crippen LogP contribution >= 0.6 is 0 Å². The van der Waals surface area contributed by atoms with Crippen LogP contribution in [0.4, 0.5) is 8.78 Å². The third-order valence-corrected chi connectivity index (χ3v) is 4.25. The van der Waals surface area contributed by atoms with Crippen molar-refractivity contribution in [3.8, 4) is 0 Å². The summed E-state index contributed by atoms with van der Waals surface area (Å²) in [4.78, 5) is 0. The van der Waals surface area contributed by atoms with E-state index in [0.717, 1.165) is 17.3 Å². The van der Waals surface area contributed by atoms with Crippen LogP contribution in [0, 0.1) is 5.92 Å². The Bertz CT molecular complexity index is 309. The number of alkyl halides is 2. The van der Waals surface area contributed by atoms with Crippen molar-refractivity contribution in [2.75, 3.05) is 26.2 Å². The molecule has 0 saturated carbocycles. The second-order valence-electron chi connectivity index (χ2n) is 3.98. The van der Waals surface area contributed by atoms with E-state index in [1.165, 1.54) is 0 Å². The minimum Gasteiger partial charge on any atom is -0.317 e. The van der Waals surface area contributed by atoms with Crippen LogP contribution in [0.25, 0.3) is 0 Å². The van der Waals surface area contributed by atoms with Gasteiger partial charge in [-0.2, -0.15) is 13.1 Å². The van der Waals surface area contributed by atoms with Gasteiger partial charge in [-0.1, -0.05) is 6.92 Å². The number of sulfonamides is 1. The molecule has 1 fully saturated rings. The third-order valence-electron chi connectivity index (χ3n) is 2.75. The second kappa shape index (κ2) is 5.88. The van der Waals surface area contributed by atoms with Gasteiger partial charge >= 0.3 is 5.76 Å². The van der Waals surface area contributed by atoms with Crippen molar-refractivity contribution in [2.45, 2.75) is 25.5 Å². The van der Waals surface area contributed by atoms with Crippen molar-refractivity contribution < 1.29 is 17.2 Å². The molecule has 96 valence electrons. The Kier molecular flexibility index (Phi) is 5.07. The lowest BCUT2D eigenvalue weighted by Crippen LogP contribution is -2.44. The summed E-state index contributed by atoms with van der Waals surface area (Å²) in [5.74, 6) is -3.16. The van der Waals surface area contributed by atoms with Crippen LogP contribution in [-0.4, -0.2) is 44.7 Å². The second-order valence-corrected chi connectivity index (χ2v) is 5.88. The molecule has 1 atom stereocenters. The van der Waals surface area contributed by atoms with E-state index >= 15 is 0 Å². The highest BCUT2D eigenvalue weighted by molar-refractivity contribution is 7.89. The van der Waals surface area contributed by atoms with E-state index in [1.54, 1.807) is 0 Å². The van der Waals surface area contributed by atoms with Gasteiger partial charge in [-0.15, -0.1) is 0 Å². The Labute approximate surface area is 95.1 Å². The summed E-state index contributed by atoms with van der Waals surface area (Å²) in [6, 6.07) is 0. The van der Waals surface area contributed by atoms with Gasteiger partial charge in [0.15, 0.2) is 0 Å². The molecule has 0 bridgehead atoms. The Morgan fingerprint density at radius 1 is 1.50 bits per heavy atom. The van der Waals surface area contributed by atoms with E-state index in [1.807, 2.05) is 6.92 Å². The normalized spacial score (nSPS) is 23.9. The maximum absolute atomic E-state index is 12.3. The lowest BCUT2D eigenvalue weighted by Gasteiger charge is -2.31. The topological polar surface area (TPSA) is 49.4 Å². The Morgan fingerprint density at radius 2 is 2.19 bits per heavy atom. The fourth-order valence-electron chi connectivity index (χ4n) is 1.89. The fourth-order valence-corrected chi connectivity index (χ4v) is 2.91. The lowest BCUT2D eigenvalue weighted by atomic mass is 10.00. The summed E-state index contributed by atoms with van der Waals surface area (Å²) < 4.78 is 48.1. The minimum atomic E-state index is -4.39. The number of piperidine rings is 1. The van der Waals surface area contributed by atoms with Gasteiger partial charge < -0.3 is 5.32 Å². The fraction of sp³-hybridized carbons (Fsp3) is 1.00. The molecule has 1 aliphatic heterocycles. The van der Waals surface area contributed by atoms with Crippen LogP contribution in [0.5, 0.6) is 0 Å². The van der Waals surface area contributed by atoms with Crippen LogP contribution in [0.1, 0.15) is 19.8 Å². The molecule has 1 saturated heterocycles. The van der Waals surface area contributed by atoms with Gasteiger partial charge in [0, 0.05) is 13.1 Å². The van der Waals surface area contributed by atoms with Gasteiger partial charge in [-0.3, -0.25) is 0 Å². The van der Waals surface area contributed by atoms with Crippen LogP contribution in [0.3, 0.4) is 0 Å². The molecule has 1 unspecified atom stereocenters. The molecule has 0 aliphatic carbocycles. The van der Waals surface area contributed by atoms with Gasteiger partial charge in [-0.25, -0.2) is 8.42 Å². The molecule has 1 N–H and O–H groups in total. The van der Waals surface area contributed by atoms with Gasteiger partial charge in [0.05, 0.1) is 0 Å². The Balaban J connectivity index is 2.57. The molecule has 0 aromatic rings. The largest absolute Gasteiger partial charge is 0.350 e. The number of nitrogens with one attached hydrogen (secondary N) is 1. The third kappa shape index (κ3) is 3.36.